The number of ether oxygens (including phenoxy) is 1. The summed E-state index contributed by atoms with van der Waals surface area (Å²) in [6, 6.07) is 5.60. The van der Waals surface area contributed by atoms with Gasteiger partial charge in [-0.15, -0.1) is 0 Å². The summed E-state index contributed by atoms with van der Waals surface area (Å²) in [4.78, 5) is 2.05. The molecule has 0 saturated heterocycles. The van der Waals surface area contributed by atoms with E-state index in [4.69, 9.17) is 4.74 Å². The van der Waals surface area contributed by atoms with Crippen LogP contribution in [0.2, 0.25) is 0 Å². The van der Waals surface area contributed by atoms with Crippen molar-refractivity contribution in [3.05, 3.63) is 29.6 Å². The lowest BCUT2D eigenvalue weighted by Crippen LogP contribution is -2.32. The lowest BCUT2D eigenvalue weighted by atomic mass is 10.1. The highest BCUT2D eigenvalue weighted by Crippen LogP contribution is 2.26. The van der Waals surface area contributed by atoms with Crippen LogP contribution in [-0.2, 0) is 11.3 Å². The van der Waals surface area contributed by atoms with E-state index < -0.39 is 0 Å². The highest BCUT2D eigenvalue weighted by molar-refractivity contribution is 7.98. The summed E-state index contributed by atoms with van der Waals surface area (Å²) in [6.07, 6.45) is 3.14. The lowest BCUT2D eigenvalue weighted by molar-refractivity contribution is 0.199. The Kier molecular flexibility index (Phi) is 8.73. The Morgan fingerprint density at radius 3 is 2.86 bits per heavy atom. The second-order valence-corrected chi connectivity index (χ2v) is 6.14. The maximum absolute atomic E-state index is 14.3. The second kappa shape index (κ2) is 10.0. The van der Waals surface area contributed by atoms with Crippen molar-refractivity contribution in [3.8, 4) is 0 Å². The molecule has 1 N–H and O–H groups in total. The number of benzene rings is 1. The third-order valence-electron chi connectivity index (χ3n) is 3.62. The van der Waals surface area contributed by atoms with Gasteiger partial charge in [-0.3, -0.25) is 0 Å². The number of methoxy groups -OCH3 is 1. The first-order valence-corrected chi connectivity index (χ1v) is 8.70. The first kappa shape index (κ1) is 18.3. The van der Waals surface area contributed by atoms with Gasteiger partial charge in [-0.2, -0.15) is 11.8 Å². The van der Waals surface area contributed by atoms with E-state index in [1.165, 1.54) is 6.07 Å². The molecule has 0 aromatic heterocycles. The van der Waals surface area contributed by atoms with Crippen molar-refractivity contribution in [3.63, 3.8) is 0 Å². The Balaban J connectivity index is 2.78. The zero-order valence-corrected chi connectivity index (χ0v) is 14.3. The van der Waals surface area contributed by atoms with E-state index in [2.05, 4.69) is 23.4 Å². The minimum absolute atomic E-state index is 0.153. The Morgan fingerprint density at radius 2 is 2.19 bits per heavy atom. The van der Waals surface area contributed by atoms with Crippen LogP contribution in [0.1, 0.15) is 18.9 Å². The van der Waals surface area contributed by atoms with E-state index in [9.17, 15) is 4.39 Å². The molecule has 21 heavy (non-hydrogen) atoms. The van der Waals surface area contributed by atoms with Gasteiger partial charge in [0.1, 0.15) is 5.82 Å². The molecule has 0 radical (unpaired) electrons. The van der Waals surface area contributed by atoms with Gasteiger partial charge in [0, 0.05) is 33.3 Å². The monoisotopic (exact) mass is 314 g/mol. The zero-order valence-electron chi connectivity index (χ0n) is 13.5. The molecule has 0 aliphatic carbocycles. The molecule has 1 unspecified atom stereocenters. The van der Waals surface area contributed by atoms with Gasteiger partial charge in [0.2, 0.25) is 0 Å². The van der Waals surface area contributed by atoms with Crippen LogP contribution in [0.25, 0.3) is 0 Å². The molecule has 0 saturated carbocycles. The van der Waals surface area contributed by atoms with Crippen LogP contribution in [0.3, 0.4) is 0 Å². The predicted molar refractivity (Wildman–Crippen MR) is 90.8 cm³/mol. The van der Waals surface area contributed by atoms with Crippen LogP contribution in [0.15, 0.2) is 18.2 Å². The summed E-state index contributed by atoms with van der Waals surface area (Å²) in [5, 5.41) is 3.28. The van der Waals surface area contributed by atoms with Crippen LogP contribution >= 0.6 is 11.8 Å². The van der Waals surface area contributed by atoms with E-state index in [0.717, 1.165) is 24.3 Å². The van der Waals surface area contributed by atoms with E-state index in [1.807, 2.05) is 24.9 Å². The molecule has 1 aromatic carbocycles. The average molecular weight is 314 g/mol. The first-order valence-electron chi connectivity index (χ1n) is 7.30. The minimum atomic E-state index is -0.153. The SMILES string of the molecule is COCCNCc1cccc(F)c1N(C)C(C)CCSC. The fraction of sp³-hybridized carbons (Fsp3) is 0.625. The van der Waals surface area contributed by atoms with Crippen molar-refractivity contribution in [2.45, 2.75) is 25.9 Å². The highest BCUT2D eigenvalue weighted by atomic mass is 32.2. The summed E-state index contributed by atoms with van der Waals surface area (Å²) < 4.78 is 19.3. The Bertz CT molecular complexity index is 417. The molecular weight excluding hydrogens is 287 g/mol. The number of halogens is 1. The van der Waals surface area contributed by atoms with E-state index >= 15 is 0 Å². The van der Waals surface area contributed by atoms with Crippen molar-refractivity contribution >= 4 is 17.4 Å². The van der Waals surface area contributed by atoms with Gasteiger partial charge in [-0.25, -0.2) is 4.39 Å². The van der Waals surface area contributed by atoms with Gasteiger partial charge in [-0.1, -0.05) is 12.1 Å². The summed E-state index contributed by atoms with van der Waals surface area (Å²) in [6.45, 7) is 4.21. The van der Waals surface area contributed by atoms with Crippen molar-refractivity contribution in [1.82, 2.24) is 5.32 Å². The Labute approximate surface area is 132 Å². The number of hydrogen-bond acceptors (Lipinski definition) is 4. The molecule has 0 amide bonds. The van der Waals surface area contributed by atoms with Gasteiger partial charge >= 0.3 is 0 Å². The molecule has 0 aliphatic heterocycles. The minimum Gasteiger partial charge on any atom is -0.383 e. The summed E-state index contributed by atoms with van der Waals surface area (Å²) >= 11 is 1.82. The zero-order chi connectivity index (χ0) is 15.7. The molecule has 0 heterocycles. The molecule has 5 heteroatoms. The van der Waals surface area contributed by atoms with Gasteiger partial charge in [-0.05, 0) is 37.0 Å². The fourth-order valence-electron chi connectivity index (χ4n) is 2.20. The van der Waals surface area contributed by atoms with Gasteiger partial charge in [0.15, 0.2) is 0 Å². The standard InChI is InChI=1S/C16H27FN2OS/c1-13(8-11-21-4)19(2)16-14(6-5-7-15(16)17)12-18-9-10-20-3/h5-7,13,18H,8-12H2,1-4H3. The number of para-hydroxylation sites is 1. The third kappa shape index (κ3) is 5.85. The molecule has 120 valence electrons. The van der Waals surface area contributed by atoms with Crippen molar-refractivity contribution in [2.24, 2.45) is 0 Å². The maximum Gasteiger partial charge on any atom is 0.146 e. The van der Waals surface area contributed by atoms with E-state index in [-0.39, 0.29) is 5.82 Å². The number of thioether (sulfide) groups is 1. The normalized spacial score (nSPS) is 12.4. The maximum atomic E-state index is 14.3. The Morgan fingerprint density at radius 1 is 1.43 bits per heavy atom. The molecule has 1 atom stereocenters. The fourth-order valence-corrected chi connectivity index (χ4v) is 2.77. The summed E-state index contributed by atoms with van der Waals surface area (Å²) in [5.74, 6) is 0.932. The molecule has 0 fully saturated rings. The van der Waals surface area contributed by atoms with Gasteiger partial charge < -0.3 is 15.0 Å². The average Bonchev–Trinajstić information content (AvgIpc) is 2.48. The number of rotatable bonds is 10. The van der Waals surface area contributed by atoms with E-state index in [1.54, 1.807) is 13.2 Å². The predicted octanol–water partition coefficient (Wildman–Crippen LogP) is 3.14. The summed E-state index contributed by atoms with van der Waals surface area (Å²) in [5.41, 5.74) is 1.70. The number of nitrogens with one attached hydrogen (secondary N) is 1. The van der Waals surface area contributed by atoms with Crippen LogP contribution in [0, 0.1) is 5.82 Å². The molecule has 0 bridgehead atoms. The Hall–Kier alpha value is -0.780. The summed E-state index contributed by atoms with van der Waals surface area (Å²) in [7, 11) is 3.65. The van der Waals surface area contributed by atoms with Crippen molar-refractivity contribution < 1.29 is 9.13 Å². The highest BCUT2D eigenvalue weighted by Gasteiger charge is 2.17. The third-order valence-corrected chi connectivity index (χ3v) is 4.27. The number of nitrogens with zero attached hydrogens (tertiary/aromatic N) is 1. The molecule has 1 rings (SSSR count). The number of anilines is 1. The van der Waals surface area contributed by atoms with Crippen LogP contribution in [-0.4, -0.2) is 45.4 Å². The van der Waals surface area contributed by atoms with Crippen molar-refractivity contribution in [1.29, 1.82) is 0 Å². The smallest absolute Gasteiger partial charge is 0.146 e. The van der Waals surface area contributed by atoms with Crippen LogP contribution in [0.5, 0.6) is 0 Å². The topological polar surface area (TPSA) is 24.5 Å². The molecule has 0 spiro atoms. The molecule has 3 nitrogen and oxygen atoms in total. The first-order chi connectivity index (χ1) is 10.1. The van der Waals surface area contributed by atoms with Crippen molar-refractivity contribution in [2.75, 3.05) is 44.2 Å². The van der Waals surface area contributed by atoms with Gasteiger partial charge in [0.25, 0.3) is 0 Å². The van der Waals surface area contributed by atoms with Crippen LogP contribution in [0.4, 0.5) is 10.1 Å². The molecule has 1 aromatic rings. The van der Waals surface area contributed by atoms with Gasteiger partial charge in [0.05, 0.1) is 12.3 Å². The van der Waals surface area contributed by atoms with E-state index in [0.29, 0.717) is 24.9 Å². The largest absolute Gasteiger partial charge is 0.383 e. The number of hydrogen-bond donors (Lipinski definition) is 1. The quantitative estimate of drug-likeness (QED) is 0.671. The molecular formula is C16H27FN2OS. The molecule has 0 aliphatic rings. The lowest BCUT2D eigenvalue weighted by Gasteiger charge is -2.29. The van der Waals surface area contributed by atoms with Crippen LogP contribution < -0.4 is 10.2 Å². The second-order valence-electron chi connectivity index (χ2n) is 5.16.